The van der Waals surface area contributed by atoms with E-state index < -0.39 is 0 Å². The molecule has 0 amide bonds. The fourth-order valence-corrected chi connectivity index (χ4v) is 3.48. The van der Waals surface area contributed by atoms with E-state index in [1.807, 2.05) is 43.8 Å². The third kappa shape index (κ3) is 4.08. The highest BCUT2D eigenvalue weighted by atomic mass is 15.4. The van der Waals surface area contributed by atoms with E-state index in [9.17, 15) is 0 Å². The van der Waals surface area contributed by atoms with Gasteiger partial charge in [0.15, 0.2) is 11.5 Å². The molecule has 0 aliphatic carbocycles. The molecule has 0 aliphatic heterocycles. The molecule has 0 saturated carbocycles. The van der Waals surface area contributed by atoms with E-state index >= 15 is 0 Å². The number of aromatic nitrogens is 9. The Labute approximate surface area is 184 Å². The number of hydrogen-bond acceptors (Lipinski definition) is 8. The zero-order chi connectivity index (χ0) is 21.9. The van der Waals surface area contributed by atoms with Crippen LogP contribution < -0.4 is 5.73 Å². The van der Waals surface area contributed by atoms with E-state index in [2.05, 4.69) is 36.4 Å². The van der Waals surface area contributed by atoms with Crippen molar-refractivity contribution in [2.24, 2.45) is 12.8 Å². The molecule has 160 valence electrons. The Kier molecular flexibility index (Phi) is 5.34. The minimum Gasteiger partial charge on any atom is -0.330 e. The van der Waals surface area contributed by atoms with Crippen molar-refractivity contribution in [2.75, 3.05) is 6.54 Å². The molecule has 0 fully saturated rings. The summed E-state index contributed by atoms with van der Waals surface area (Å²) < 4.78 is 3.48. The predicted molar refractivity (Wildman–Crippen MR) is 119 cm³/mol. The molecule has 4 heterocycles. The van der Waals surface area contributed by atoms with Gasteiger partial charge < -0.3 is 5.73 Å². The highest BCUT2D eigenvalue weighted by Gasteiger charge is 2.12. The van der Waals surface area contributed by atoms with Crippen molar-refractivity contribution in [2.45, 2.75) is 19.4 Å². The van der Waals surface area contributed by atoms with Crippen molar-refractivity contribution in [1.29, 1.82) is 0 Å². The van der Waals surface area contributed by atoms with Crippen molar-refractivity contribution in [1.82, 2.24) is 44.7 Å². The molecular weight excluding hydrogens is 404 g/mol. The van der Waals surface area contributed by atoms with Gasteiger partial charge in [0.2, 0.25) is 5.65 Å². The Morgan fingerprint density at radius 2 is 1.84 bits per heavy atom. The number of hydrogen-bond donors (Lipinski definition) is 1. The summed E-state index contributed by atoms with van der Waals surface area (Å²) in [5.41, 5.74) is 11.4. The van der Waals surface area contributed by atoms with Crippen LogP contribution >= 0.6 is 0 Å². The smallest absolute Gasteiger partial charge is 0.221 e. The molecular formula is C22H22N10. The van der Waals surface area contributed by atoms with Gasteiger partial charge in [-0.1, -0.05) is 23.4 Å². The number of benzene rings is 1. The lowest BCUT2D eigenvalue weighted by Gasteiger charge is -2.06. The van der Waals surface area contributed by atoms with E-state index in [0.717, 1.165) is 40.8 Å². The summed E-state index contributed by atoms with van der Waals surface area (Å²) in [6, 6.07) is 8.08. The quantitative estimate of drug-likeness (QED) is 0.419. The molecule has 5 rings (SSSR count). The summed E-state index contributed by atoms with van der Waals surface area (Å²) in [7, 11) is 1.87. The van der Waals surface area contributed by atoms with E-state index in [1.54, 1.807) is 21.8 Å². The molecule has 0 bridgehead atoms. The van der Waals surface area contributed by atoms with Gasteiger partial charge in [-0.25, -0.2) is 24.6 Å². The predicted octanol–water partition coefficient (Wildman–Crippen LogP) is 2.02. The van der Waals surface area contributed by atoms with Gasteiger partial charge in [0.25, 0.3) is 0 Å². The maximum absolute atomic E-state index is 5.58. The van der Waals surface area contributed by atoms with Crippen LogP contribution in [0.2, 0.25) is 0 Å². The molecule has 10 heteroatoms. The molecule has 5 aromatic rings. The molecule has 0 radical (unpaired) electrons. The maximum atomic E-state index is 5.58. The van der Waals surface area contributed by atoms with Crippen molar-refractivity contribution in [3.8, 4) is 22.6 Å². The fraction of sp³-hybridized carbons (Fsp3) is 0.227. The summed E-state index contributed by atoms with van der Waals surface area (Å²) in [5.74, 6) is 0.686. The fourth-order valence-electron chi connectivity index (χ4n) is 3.48. The largest absolute Gasteiger partial charge is 0.330 e. The highest BCUT2D eigenvalue weighted by molar-refractivity contribution is 5.69. The molecule has 1 aromatic carbocycles. The molecule has 0 spiro atoms. The summed E-state index contributed by atoms with van der Waals surface area (Å²) in [6.45, 7) is 1.17. The van der Waals surface area contributed by atoms with Crippen LogP contribution in [0.1, 0.15) is 17.5 Å². The van der Waals surface area contributed by atoms with E-state index in [-0.39, 0.29) is 0 Å². The standard InChI is InChI=1S/C22H22N10/c1-31-14-18(11-27-31)19-12-26-21-22(28-19)32(30-29-21)13-15-4-2-6-17(8-15)20-24-9-16(10-25-20)5-3-7-23/h2,4,6,8-12,14H,3,5,7,13,23H2,1H3. The molecule has 32 heavy (non-hydrogen) atoms. The Morgan fingerprint density at radius 1 is 0.969 bits per heavy atom. The number of nitrogens with two attached hydrogens (primary N) is 1. The summed E-state index contributed by atoms with van der Waals surface area (Å²) in [6.07, 6.45) is 10.9. The Hall–Kier alpha value is -4.05. The zero-order valence-corrected chi connectivity index (χ0v) is 17.6. The number of aryl methyl sites for hydroxylation is 2. The van der Waals surface area contributed by atoms with E-state index in [0.29, 0.717) is 30.2 Å². The normalized spacial score (nSPS) is 11.3. The first-order valence-corrected chi connectivity index (χ1v) is 10.3. The van der Waals surface area contributed by atoms with Crippen LogP contribution in [-0.4, -0.2) is 51.3 Å². The van der Waals surface area contributed by atoms with Crippen molar-refractivity contribution in [3.63, 3.8) is 0 Å². The average Bonchev–Trinajstić information content (AvgIpc) is 3.44. The molecule has 0 saturated heterocycles. The molecule has 2 N–H and O–H groups in total. The first kappa shape index (κ1) is 19.9. The number of fused-ring (bicyclic) bond motifs is 1. The van der Waals surface area contributed by atoms with Crippen LogP contribution in [0.4, 0.5) is 0 Å². The SMILES string of the molecule is Cn1cc(-c2cnc3nnn(Cc4cccc(-c5ncc(CCCN)cn5)c4)c3n2)cn1. The first-order valence-electron chi connectivity index (χ1n) is 10.3. The van der Waals surface area contributed by atoms with Gasteiger partial charge in [-0.05, 0) is 36.6 Å². The van der Waals surface area contributed by atoms with E-state index in [1.165, 1.54) is 0 Å². The molecule has 4 aromatic heterocycles. The third-order valence-electron chi connectivity index (χ3n) is 5.12. The van der Waals surface area contributed by atoms with E-state index in [4.69, 9.17) is 10.7 Å². The number of rotatable bonds is 7. The van der Waals surface area contributed by atoms with Gasteiger partial charge >= 0.3 is 0 Å². The molecule has 0 atom stereocenters. The second kappa shape index (κ2) is 8.60. The van der Waals surface area contributed by atoms with Crippen molar-refractivity contribution >= 4 is 11.3 Å². The Bertz CT molecular complexity index is 1350. The highest BCUT2D eigenvalue weighted by Crippen LogP contribution is 2.20. The molecule has 10 nitrogen and oxygen atoms in total. The van der Waals surface area contributed by atoms with Crippen LogP contribution in [0.5, 0.6) is 0 Å². The van der Waals surface area contributed by atoms with Gasteiger partial charge in [-0.2, -0.15) is 5.10 Å². The van der Waals surface area contributed by atoms with Crippen molar-refractivity contribution in [3.05, 3.63) is 66.4 Å². The Balaban J connectivity index is 1.41. The lowest BCUT2D eigenvalue weighted by atomic mass is 10.1. The monoisotopic (exact) mass is 426 g/mol. The first-order chi connectivity index (χ1) is 15.7. The third-order valence-corrected chi connectivity index (χ3v) is 5.12. The second-order valence-electron chi connectivity index (χ2n) is 7.56. The molecule has 0 unspecified atom stereocenters. The van der Waals surface area contributed by atoms with Crippen LogP contribution in [-0.2, 0) is 20.0 Å². The van der Waals surface area contributed by atoms with Gasteiger partial charge in [0.05, 0.1) is 24.6 Å². The van der Waals surface area contributed by atoms with Gasteiger partial charge in [0, 0.05) is 36.8 Å². The zero-order valence-electron chi connectivity index (χ0n) is 17.6. The van der Waals surface area contributed by atoms with Crippen LogP contribution in [0.25, 0.3) is 33.9 Å². The maximum Gasteiger partial charge on any atom is 0.221 e. The lowest BCUT2D eigenvalue weighted by molar-refractivity contribution is 0.664. The van der Waals surface area contributed by atoms with Crippen LogP contribution in [0.15, 0.2) is 55.2 Å². The summed E-state index contributed by atoms with van der Waals surface area (Å²) in [4.78, 5) is 18.2. The van der Waals surface area contributed by atoms with Crippen molar-refractivity contribution < 1.29 is 0 Å². The molecule has 0 aliphatic rings. The average molecular weight is 426 g/mol. The van der Waals surface area contributed by atoms with Gasteiger partial charge in [-0.3, -0.25) is 4.68 Å². The van der Waals surface area contributed by atoms with Crippen LogP contribution in [0, 0.1) is 0 Å². The minimum atomic E-state index is 0.504. The summed E-state index contributed by atoms with van der Waals surface area (Å²) >= 11 is 0. The second-order valence-corrected chi connectivity index (χ2v) is 7.56. The topological polar surface area (TPSA) is 126 Å². The van der Waals surface area contributed by atoms with Gasteiger partial charge in [0.1, 0.15) is 0 Å². The minimum absolute atomic E-state index is 0.504. The number of nitrogens with zero attached hydrogens (tertiary/aromatic N) is 9. The Morgan fingerprint density at radius 3 is 2.62 bits per heavy atom. The lowest BCUT2D eigenvalue weighted by Crippen LogP contribution is -2.04. The van der Waals surface area contributed by atoms with Crippen LogP contribution in [0.3, 0.4) is 0 Å². The van der Waals surface area contributed by atoms with Gasteiger partial charge in [-0.15, -0.1) is 5.10 Å². The summed E-state index contributed by atoms with van der Waals surface area (Å²) in [5, 5.41) is 12.6.